The van der Waals surface area contributed by atoms with Crippen LogP contribution in [0.5, 0.6) is 11.5 Å². The number of hydrogen-bond donors (Lipinski definition) is 1. The van der Waals surface area contributed by atoms with Crippen molar-refractivity contribution in [3.63, 3.8) is 0 Å². The number of hydrogen-bond acceptors (Lipinski definition) is 3. The second-order valence-electron chi connectivity index (χ2n) is 4.08. The fourth-order valence-electron chi connectivity index (χ4n) is 1.79. The van der Waals surface area contributed by atoms with E-state index in [1.807, 2.05) is 31.2 Å². The van der Waals surface area contributed by atoms with Crippen molar-refractivity contribution < 1.29 is 14.6 Å². The Balaban J connectivity index is 2.24. The van der Waals surface area contributed by atoms with E-state index in [0.29, 0.717) is 6.61 Å². The number of aromatic hydroxyl groups is 1. The summed E-state index contributed by atoms with van der Waals surface area (Å²) in [6.45, 7) is 2.51. The Morgan fingerprint density at radius 2 is 1.88 bits per heavy atom. The Labute approximate surface area is 101 Å². The number of rotatable bonds is 4. The van der Waals surface area contributed by atoms with Crippen LogP contribution in [0.3, 0.4) is 0 Å². The lowest BCUT2D eigenvalue weighted by Crippen LogP contribution is -2.17. The monoisotopic (exact) mass is 232 g/mol. The molecule has 0 spiro atoms. The lowest BCUT2D eigenvalue weighted by atomic mass is 10.1. The van der Waals surface area contributed by atoms with Gasteiger partial charge >= 0.3 is 0 Å². The van der Waals surface area contributed by atoms with Crippen molar-refractivity contribution in [2.75, 3.05) is 13.7 Å². The van der Waals surface area contributed by atoms with E-state index in [9.17, 15) is 5.11 Å². The molecule has 3 heteroatoms. The fourth-order valence-corrected chi connectivity index (χ4v) is 1.79. The van der Waals surface area contributed by atoms with Crippen LogP contribution in [0.2, 0.25) is 0 Å². The minimum absolute atomic E-state index is 0.00904. The van der Waals surface area contributed by atoms with Gasteiger partial charge in [0.2, 0.25) is 0 Å². The molecule has 0 aliphatic rings. The van der Waals surface area contributed by atoms with E-state index in [1.54, 1.807) is 19.2 Å². The second-order valence-corrected chi connectivity index (χ2v) is 4.08. The van der Waals surface area contributed by atoms with Gasteiger partial charge in [0.05, 0.1) is 6.61 Å². The molecule has 0 heterocycles. The van der Waals surface area contributed by atoms with Gasteiger partial charge in [-0.3, -0.25) is 0 Å². The largest absolute Gasteiger partial charge is 0.508 e. The molecule has 0 aromatic heterocycles. The summed E-state index contributed by atoms with van der Waals surface area (Å²) in [6, 6.07) is 11.1. The number of benzene rings is 2. The first-order chi connectivity index (χ1) is 8.19. The first-order valence-electron chi connectivity index (χ1n) is 5.57. The highest BCUT2D eigenvalue weighted by Gasteiger charge is 2.04. The number of phenolic OH excluding ortho intramolecular Hbond substituents is 1. The van der Waals surface area contributed by atoms with Gasteiger partial charge in [0.25, 0.3) is 0 Å². The second kappa shape index (κ2) is 5.06. The van der Waals surface area contributed by atoms with Crippen molar-refractivity contribution in [3.8, 4) is 11.5 Å². The number of fused-ring (bicyclic) bond motifs is 1. The summed E-state index contributed by atoms with van der Waals surface area (Å²) in [5.74, 6) is 1.05. The molecule has 17 heavy (non-hydrogen) atoms. The SMILES string of the molecule is COCC(C)Oc1ccc2ccc(O)cc2c1. The molecule has 1 N–H and O–H groups in total. The first-order valence-corrected chi connectivity index (χ1v) is 5.57. The van der Waals surface area contributed by atoms with Gasteiger partial charge in [0, 0.05) is 7.11 Å². The molecule has 0 saturated heterocycles. The van der Waals surface area contributed by atoms with Crippen molar-refractivity contribution in [1.29, 1.82) is 0 Å². The van der Waals surface area contributed by atoms with Crippen molar-refractivity contribution >= 4 is 10.8 Å². The van der Waals surface area contributed by atoms with Crippen molar-refractivity contribution in [2.24, 2.45) is 0 Å². The van der Waals surface area contributed by atoms with E-state index >= 15 is 0 Å². The average Bonchev–Trinajstić information content (AvgIpc) is 2.28. The predicted molar refractivity (Wildman–Crippen MR) is 67.6 cm³/mol. The van der Waals surface area contributed by atoms with E-state index in [1.165, 1.54) is 0 Å². The van der Waals surface area contributed by atoms with E-state index in [2.05, 4.69) is 0 Å². The molecule has 0 aliphatic carbocycles. The Hall–Kier alpha value is -1.74. The van der Waals surface area contributed by atoms with E-state index in [0.717, 1.165) is 16.5 Å². The molecule has 2 aromatic rings. The Morgan fingerprint density at radius 1 is 1.12 bits per heavy atom. The Bertz CT molecular complexity index is 508. The highest BCUT2D eigenvalue weighted by atomic mass is 16.5. The smallest absolute Gasteiger partial charge is 0.120 e. The maximum Gasteiger partial charge on any atom is 0.120 e. The summed E-state index contributed by atoms with van der Waals surface area (Å²) in [5, 5.41) is 11.5. The van der Waals surface area contributed by atoms with Gasteiger partial charge in [-0.1, -0.05) is 12.1 Å². The summed E-state index contributed by atoms with van der Waals surface area (Å²) in [5.41, 5.74) is 0. The van der Waals surface area contributed by atoms with Crippen LogP contribution >= 0.6 is 0 Å². The van der Waals surface area contributed by atoms with Crippen LogP contribution in [0.25, 0.3) is 10.8 Å². The van der Waals surface area contributed by atoms with E-state index < -0.39 is 0 Å². The zero-order valence-corrected chi connectivity index (χ0v) is 10.0. The molecular formula is C14H16O3. The maximum atomic E-state index is 9.43. The first kappa shape index (κ1) is 11.7. The van der Waals surface area contributed by atoms with Crippen molar-refractivity contribution in [2.45, 2.75) is 13.0 Å². The lowest BCUT2D eigenvalue weighted by molar-refractivity contribution is 0.0922. The molecule has 2 rings (SSSR count). The van der Waals surface area contributed by atoms with Crippen LogP contribution in [0, 0.1) is 0 Å². The molecule has 0 saturated carbocycles. The fraction of sp³-hybridized carbons (Fsp3) is 0.286. The maximum absolute atomic E-state index is 9.43. The van der Waals surface area contributed by atoms with Gasteiger partial charge < -0.3 is 14.6 Å². The molecule has 0 bridgehead atoms. The van der Waals surface area contributed by atoms with Gasteiger partial charge in [-0.25, -0.2) is 0 Å². The molecule has 1 unspecified atom stereocenters. The van der Waals surface area contributed by atoms with Crippen LogP contribution in [0.15, 0.2) is 36.4 Å². The molecule has 0 aliphatic heterocycles. The van der Waals surface area contributed by atoms with Gasteiger partial charge in [-0.15, -0.1) is 0 Å². The number of phenols is 1. The average molecular weight is 232 g/mol. The van der Waals surface area contributed by atoms with Crippen LogP contribution in [0.4, 0.5) is 0 Å². The summed E-state index contributed by atoms with van der Waals surface area (Å²) in [7, 11) is 1.65. The topological polar surface area (TPSA) is 38.7 Å². The lowest BCUT2D eigenvalue weighted by Gasteiger charge is -2.14. The number of methoxy groups -OCH3 is 1. The van der Waals surface area contributed by atoms with Crippen LogP contribution in [-0.2, 0) is 4.74 Å². The Morgan fingerprint density at radius 3 is 2.65 bits per heavy atom. The minimum Gasteiger partial charge on any atom is -0.508 e. The number of ether oxygens (including phenoxy) is 2. The van der Waals surface area contributed by atoms with Crippen LogP contribution in [-0.4, -0.2) is 24.9 Å². The standard InChI is InChI=1S/C14H16O3/c1-10(9-16-2)17-14-6-4-11-3-5-13(15)7-12(11)8-14/h3-8,10,15H,9H2,1-2H3. The van der Waals surface area contributed by atoms with Crippen molar-refractivity contribution in [1.82, 2.24) is 0 Å². The predicted octanol–water partition coefficient (Wildman–Crippen LogP) is 2.96. The molecule has 0 amide bonds. The third-order valence-electron chi connectivity index (χ3n) is 2.53. The van der Waals surface area contributed by atoms with Crippen LogP contribution in [0.1, 0.15) is 6.92 Å². The third kappa shape index (κ3) is 2.88. The quantitative estimate of drug-likeness (QED) is 0.880. The third-order valence-corrected chi connectivity index (χ3v) is 2.53. The highest BCUT2D eigenvalue weighted by Crippen LogP contribution is 2.24. The summed E-state index contributed by atoms with van der Waals surface area (Å²) >= 11 is 0. The summed E-state index contributed by atoms with van der Waals surface area (Å²) < 4.78 is 10.7. The molecule has 0 radical (unpaired) electrons. The minimum atomic E-state index is 0.00904. The van der Waals surface area contributed by atoms with E-state index in [-0.39, 0.29) is 11.9 Å². The molecule has 2 aromatic carbocycles. The van der Waals surface area contributed by atoms with E-state index in [4.69, 9.17) is 9.47 Å². The van der Waals surface area contributed by atoms with Gasteiger partial charge in [0.15, 0.2) is 0 Å². The molecule has 0 fully saturated rings. The van der Waals surface area contributed by atoms with Gasteiger partial charge in [-0.2, -0.15) is 0 Å². The summed E-state index contributed by atoms with van der Waals surface area (Å²) in [6.07, 6.45) is 0.00904. The molecular weight excluding hydrogens is 216 g/mol. The zero-order valence-electron chi connectivity index (χ0n) is 10.0. The summed E-state index contributed by atoms with van der Waals surface area (Å²) in [4.78, 5) is 0. The Kier molecular flexibility index (Phi) is 3.49. The van der Waals surface area contributed by atoms with Crippen molar-refractivity contribution in [3.05, 3.63) is 36.4 Å². The highest BCUT2D eigenvalue weighted by molar-refractivity contribution is 5.85. The normalized spacial score (nSPS) is 12.6. The van der Waals surface area contributed by atoms with Gasteiger partial charge in [0.1, 0.15) is 17.6 Å². The van der Waals surface area contributed by atoms with Gasteiger partial charge in [-0.05, 0) is 42.0 Å². The molecule has 3 nitrogen and oxygen atoms in total. The molecule has 90 valence electrons. The zero-order chi connectivity index (χ0) is 12.3. The molecule has 1 atom stereocenters. The van der Waals surface area contributed by atoms with Crippen LogP contribution < -0.4 is 4.74 Å².